The van der Waals surface area contributed by atoms with Gasteiger partial charge in [-0.3, -0.25) is 19.8 Å². The first-order valence-electron chi connectivity index (χ1n) is 13.5. The van der Waals surface area contributed by atoms with Gasteiger partial charge in [-0.05, 0) is 79.1 Å². The number of ether oxygens (including phenoxy) is 1. The maximum Gasteiger partial charge on any atom is 0.276 e. The molecule has 5 atom stereocenters. The minimum absolute atomic E-state index is 0.119. The zero-order chi connectivity index (χ0) is 27.3. The molecule has 1 spiro atoms. The lowest BCUT2D eigenvalue weighted by Gasteiger charge is -2.64. The molecule has 3 fully saturated rings. The van der Waals surface area contributed by atoms with Crippen LogP contribution in [0.2, 0.25) is 0 Å². The Bertz CT molecular complexity index is 1420. The van der Waals surface area contributed by atoms with Crippen LogP contribution in [0.4, 0.5) is 5.69 Å². The van der Waals surface area contributed by atoms with Crippen molar-refractivity contribution in [3.05, 3.63) is 54.2 Å². The highest BCUT2D eigenvalue weighted by Crippen LogP contribution is 2.67. The number of hydrogen-bond acceptors (Lipinski definition) is 8. The van der Waals surface area contributed by atoms with E-state index in [0.29, 0.717) is 42.7 Å². The molecule has 1 aromatic carbocycles. The quantitative estimate of drug-likeness (QED) is 0.284. The van der Waals surface area contributed by atoms with Crippen LogP contribution < -0.4 is 4.74 Å². The van der Waals surface area contributed by atoms with Crippen molar-refractivity contribution in [2.75, 3.05) is 20.1 Å². The van der Waals surface area contributed by atoms with Crippen molar-refractivity contribution < 1.29 is 24.7 Å². The molecule has 1 saturated heterocycles. The third-order valence-electron chi connectivity index (χ3n) is 9.86. The zero-order valence-electron chi connectivity index (χ0n) is 21.5. The summed E-state index contributed by atoms with van der Waals surface area (Å²) < 4.78 is 7.47. The first-order valence-corrected chi connectivity index (χ1v) is 15.2. The molecule has 39 heavy (non-hydrogen) atoms. The lowest BCUT2D eigenvalue weighted by molar-refractivity contribution is -0.386. The van der Waals surface area contributed by atoms with E-state index in [-0.39, 0.29) is 35.2 Å². The molecule has 1 aromatic heterocycles. The number of nitro groups is 1. The second-order valence-electron chi connectivity index (χ2n) is 11.8. The number of likely N-dealkylation sites (tertiary alicyclic amines) is 1. The smallest absolute Gasteiger partial charge is 0.276 e. The van der Waals surface area contributed by atoms with Crippen molar-refractivity contribution in [3.8, 4) is 11.5 Å². The summed E-state index contributed by atoms with van der Waals surface area (Å²) in [5.41, 5.74) is -1.09. The molecule has 2 aromatic rings. The van der Waals surface area contributed by atoms with Crippen LogP contribution >= 0.6 is 27.3 Å². The number of likely N-dealkylation sites (N-methyl/N-ethyl adjacent to an activating group) is 1. The normalized spacial score (nSPS) is 32.6. The number of aliphatic hydroxyl groups is 1. The molecular weight excluding hydrogens is 586 g/mol. The van der Waals surface area contributed by atoms with E-state index in [4.69, 9.17) is 4.74 Å². The summed E-state index contributed by atoms with van der Waals surface area (Å²) in [5.74, 6) is 0.391. The molecule has 11 heteroatoms. The zero-order valence-corrected chi connectivity index (χ0v) is 23.9. The van der Waals surface area contributed by atoms with Gasteiger partial charge in [0.15, 0.2) is 11.5 Å². The maximum absolute atomic E-state index is 13.4. The van der Waals surface area contributed by atoms with Crippen molar-refractivity contribution in [3.63, 3.8) is 0 Å². The van der Waals surface area contributed by atoms with Crippen LogP contribution in [0.3, 0.4) is 0 Å². The van der Waals surface area contributed by atoms with Gasteiger partial charge in [-0.25, -0.2) is 0 Å². The number of amides is 1. The van der Waals surface area contributed by atoms with Crippen LogP contribution in [0.25, 0.3) is 6.08 Å². The van der Waals surface area contributed by atoms with Crippen LogP contribution in [0.15, 0.2) is 28.1 Å². The molecule has 2 unspecified atom stereocenters. The summed E-state index contributed by atoms with van der Waals surface area (Å²) in [6, 6.07) is 2.49. The van der Waals surface area contributed by atoms with Crippen molar-refractivity contribution >= 4 is 44.9 Å². The Morgan fingerprint density at radius 2 is 2.15 bits per heavy atom. The molecule has 2 aliphatic heterocycles. The number of phenols is 1. The summed E-state index contributed by atoms with van der Waals surface area (Å²) in [5, 5.41) is 37.7. The van der Waals surface area contributed by atoms with Gasteiger partial charge in [0.05, 0.1) is 28.0 Å². The van der Waals surface area contributed by atoms with Crippen LogP contribution in [-0.4, -0.2) is 74.8 Å². The van der Waals surface area contributed by atoms with E-state index in [2.05, 4.69) is 20.8 Å². The first kappa shape index (κ1) is 25.5. The molecule has 2 saturated carbocycles. The summed E-state index contributed by atoms with van der Waals surface area (Å²) in [4.78, 5) is 30.0. The third kappa shape index (κ3) is 3.59. The molecule has 3 aliphatic carbocycles. The van der Waals surface area contributed by atoms with Crippen LogP contribution in [-0.2, 0) is 16.6 Å². The van der Waals surface area contributed by atoms with Gasteiger partial charge in [0, 0.05) is 51.6 Å². The summed E-state index contributed by atoms with van der Waals surface area (Å²) in [6.45, 7) is 1.62. The van der Waals surface area contributed by atoms with Gasteiger partial charge in [-0.15, -0.1) is 11.3 Å². The minimum Gasteiger partial charge on any atom is -0.504 e. The number of nitro benzene ring substituents is 1. The molecule has 3 heterocycles. The average Bonchev–Trinajstić information content (AvgIpc) is 3.50. The summed E-state index contributed by atoms with van der Waals surface area (Å²) in [7, 11) is 1.75. The molecule has 0 radical (unpaired) electrons. The van der Waals surface area contributed by atoms with Crippen LogP contribution in [0.1, 0.15) is 48.1 Å². The number of halogens is 1. The van der Waals surface area contributed by atoms with Crippen molar-refractivity contribution in [1.29, 1.82) is 0 Å². The Morgan fingerprint density at radius 3 is 2.85 bits per heavy atom. The largest absolute Gasteiger partial charge is 0.504 e. The highest BCUT2D eigenvalue weighted by atomic mass is 79.9. The fraction of sp³-hybridized carbons (Fsp3) is 0.536. The molecule has 5 aliphatic rings. The van der Waals surface area contributed by atoms with Crippen molar-refractivity contribution in [2.45, 2.75) is 67.7 Å². The fourth-order valence-corrected chi connectivity index (χ4v) is 9.27. The number of carbonyl (C=O) groups excluding carboxylic acids is 1. The molecule has 2 N–H and O–H groups in total. The second kappa shape index (κ2) is 8.76. The number of nitrogens with zero attached hydrogens (tertiary/aromatic N) is 3. The molecule has 2 bridgehead atoms. The van der Waals surface area contributed by atoms with Gasteiger partial charge >= 0.3 is 0 Å². The Hall–Kier alpha value is -2.47. The Kier molecular flexibility index (Phi) is 5.73. The second-order valence-corrected chi connectivity index (χ2v) is 13.6. The number of thiophene rings is 1. The number of piperidine rings is 1. The van der Waals surface area contributed by atoms with E-state index in [9.17, 15) is 25.1 Å². The average molecular weight is 617 g/mol. The molecular formula is C28H30BrN3O6S. The van der Waals surface area contributed by atoms with Crippen molar-refractivity contribution in [2.24, 2.45) is 5.92 Å². The SMILES string of the molecule is CN(C(=O)/C=C/c1cc(Br)cs1)C1CC[C@@]2(O)[C@H]3Cc4c([N+](=O)[O-])cc(O)c5c4[C@@]2(CCN3CC2CC2)C1O5. The van der Waals surface area contributed by atoms with Crippen molar-refractivity contribution in [1.82, 2.24) is 9.80 Å². The van der Waals surface area contributed by atoms with Gasteiger partial charge in [-0.2, -0.15) is 0 Å². The third-order valence-corrected chi connectivity index (χ3v) is 11.5. The predicted molar refractivity (Wildman–Crippen MR) is 149 cm³/mol. The highest BCUT2D eigenvalue weighted by Gasteiger charge is 2.74. The van der Waals surface area contributed by atoms with Gasteiger partial charge in [0.25, 0.3) is 5.69 Å². The van der Waals surface area contributed by atoms with E-state index >= 15 is 0 Å². The van der Waals surface area contributed by atoms with E-state index in [1.807, 2.05) is 11.4 Å². The van der Waals surface area contributed by atoms with E-state index in [1.54, 1.807) is 24.1 Å². The highest BCUT2D eigenvalue weighted by molar-refractivity contribution is 9.10. The van der Waals surface area contributed by atoms with Gasteiger partial charge in [0.1, 0.15) is 6.10 Å². The monoisotopic (exact) mass is 615 g/mol. The molecule has 1 amide bonds. The van der Waals surface area contributed by atoms with Gasteiger partial charge in [-0.1, -0.05) is 0 Å². The predicted octanol–water partition coefficient (Wildman–Crippen LogP) is 4.23. The van der Waals surface area contributed by atoms with E-state index < -0.39 is 22.0 Å². The number of phenolic OH excluding ortho intramolecular Hbond substituents is 1. The maximum atomic E-state index is 13.4. The Balaban J connectivity index is 1.31. The van der Waals surface area contributed by atoms with Crippen LogP contribution in [0, 0.1) is 16.0 Å². The Labute approximate surface area is 238 Å². The van der Waals surface area contributed by atoms with Gasteiger partial charge in [0.2, 0.25) is 5.91 Å². The van der Waals surface area contributed by atoms with Gasteiger partial charge < -0.3 is 19.8 Å². The fourth-order valence-electron chi connectivity index (χ4n) is 7.93. The summed E-state index contributed by atoms with van der Waals surface area (Å²) in [6.07, 6.45) is 6.95. The lowest BCUT2D eigenvalue weighted by Crippen LogP contribution is -2.78. The standard InChI is InChI=1S/C28H30BrN3O6S/c1-30(23(34)5-4-17-10-16(29)14-39-17)19-6-7-28(35)22-11-18-20(32(36)37)12-21(33)25-24(18)27(28,26(19)38-25)8-9-31(22)13-15-2-3-15/h4-5,10,12,14-15,19,22,26,33,35H,2-3,6-9,11,13H2,1H3/b5-4+/t19?,22-,26?,27+,28-/m1/s1. The number of benzene rings is 1. The number of aromatic hydroxyl groups is 1. The number of hydrogen-bond donors (Lipinski definition) is 2. The topological polar surface area (TPSA) is 116 Å². The number of carbonyl (C=O) groups is 1. The molecule has 206 valence electrons. The minimum atomic E-state index is -1.18. The summed E-state index contributed by atoms with van der Waals surface area (Å²) >= 11 is 4.97. The van der Waals surface area contributed by atoms with E-state index in [1.165, 1.54) is 30.2 Å². The number of rotatable bonds is 6. The Morgan fingerprint density at radius 1 is 1.36 bits per heavy atom. The van der Waals surface area contributed by atoms with Crippen LogP contribution in [0.5, 0.6) is 11.5 Å². The molecule has 7 rings (SSSR count). The first-order chi connectivity index (χ1) is 18.6. The lowest BCUT2D eigenvalue weighted by atomic mass is 9.48. The molecule has 9 nitrogen and oxygen atoms in total. The van der Waals surface area contributed by atoms with E-state index in [0.717, 1.165) is 22.4 Å².